The van der Waals surface area contributed by atoms with Crippen molar-refractivity contribution in [2.45, 2.75) is 0 Å². The lowest BCUT2D eigenvalue weighted by atomic mass is 10.3. The number of hydrogen-bond acceptors (Lipinski definition) is 4. The van der Waals surface area contributed by atoms with Gasteiger partial charge in [0.05, 0.1) is 5.75 Å². The first-order valence-corrected chi connectivity index (χ1v) is 5.97. The van der Waals surface area contributed by atoms with Gasteiger partial charge in [-0.2, -0.15) is 0 Å². The standard InChI is InChI=1S/C11H10N2O3S/c14-9(12-8-4-2-1-3-5-8)6-13-10(15)7-17-11(13)16/h1-5H,6-7H2,(H,12,14). The van der Waals surface area contributed by atoms with Crippen molar-refractivity contribution in [3.63, 3.8) is 0 Å². The van der Waals surface area contributed by atoms with E-state index in [1.807, 2.05) is 6.07 Å². The minimum absolute atomic E-state index is 0.122. The molecule has 1 aromatic carbocycles. The van der Waals surface area contributed by atoms with E-state index in [4.69, 9.17) is 0 Å². The smallest absolute Gasteiger partial charge is 0.289 e. The zero-order valence-electron chi connectivity index (χ0n) is 8.88. The van der Waals surface area contributed by atoms with Gasteiger partial charge in [0.1, 0.15) is 6.54 Å². The van der Waals surface area contributed by atoms with Gasteiger partial charge in [-0.15, -0.1) is 0 Å². The maximum absolute atomic E-state index is 11.6. The van der Waals surface area contributed by atoms with Gasteiger partial charge in [0.2, 0.25) is 11.8 Å². The molecule has 0 radical (unpaired) electrons. The highest BCUT2D eigenvalue weighted by molar-refractivity contribution is 8.14. The summed E-state index contributed by atoms with van der Waals surface area (Å²) < 4.78 is 0. The Labute approximate surface area is 102 Å². The lowest BCUT2D eigenvalue weighted by molar-refractivity contribution is -0.128. The van der Waals surface area contributed by atoms with Crippen molar-refractivity contribution in [1.82, 2.24) is 4.90 Å². The number of hydrogen-bond donors (Lipinski definition) is 1. The van der Waals surface area contributed by atoms with Crippen molar-refractivity contribution in [2.24, 2.45) is 0 Å². The number of carbonyl (C=O) groups is 3. The second kappa shape index (κ2) is 5.01. The monoisotopic (exact) mass is 250 g/mol. The summed E-state index contributed by atoms with van der Waals surface area (Å²) in [6.45, 7) is -0.223. The summed E-state index contributed by atoms with van der Waals surface area (Å²) in [5.41, 5.74) is 0.643. The summed E-state index contributed by atoms with van der Waals surface area (Å²) in [5, 5.41) is 2.25. The molecule has 1 heterocycles. The molecule has 0 aromatic heterocycles. The summed E-state index contributed by atoms with van der Waals surface area (Å²) in [5.74, 6) is -0.569. The topological polar surface area (TPSA) is 66.5 Å². The maximum atomic E-state index is 11.6. The average molecular weight is 250 g/mol. The molecule has 0 aliphatic carbocycles. The minimum atomic E-state index is -0.375. The summed E-state index contributed by atoms with van der Waals surface area (Å²) in [6, 6.07) is 8.88. The van der Waals surface area contributed by atoms with Gasteiger partial charge in [-0.25, -0.2) is 0 Å². The van der Waals surface area contributed by atoms with E-state index in [2.05, 4.69) is 5.32 Å². The number of para-hydroxylation sites is 1. The number of thioether (sulfide) groups is 1. The molecule has 2 rings (SSSR count). The minimum Gasteiger partial charge on any atom is -0.325 e. The van der Waals surface area contributed by atoms with Gasteiger partial charge >= 0.3 is 0 Å². The zero-order valence-corrected chi connectivity index (χ0v) is 9.70. The second-order valence-corrected chi connectivity index (χ2v) is 4.38. The fraction of sp³-hybridized carbons (Fsp3) is 0.182. The van der Waals surface area contributed by atoms with Gasteiger partial charge in [-0.1, -0.05) is 30.0 Å². The van der Waals surface area contributed by atoms with Crippen molar-refractivity contribution in [3.05, 3.63) is 30.3 Å². The Kier molecular flexibility index (Phi) is 3.43. The van der Waals surface area contributed by atoms with Crippen molar-refractivity contribution in [3.8, 4) is 0 Å². The Morgan fingerprint density at radius 3 is 2.59 bits per heavy atom. The molecular weight excluding hydrogens is 240 g/mol. The number of nitrogens with one attached hydrogen (secondary N) is 1. The van der Waals surface area contributed by atoms with Gasteiger partial charge in [-0.3, -0.25) is 19.3 Å². The highest BCUT2D eigenvalue weighted by atomic mass is 32.2. The first-order valence-electron chi connectivity index (χ1n) is 4.99. The number of benzene rings is 1. The van der Waals surface area contributed by atoms with Gasteiger partial charge in [0, 0.05) is 5.69 Å². The lowest BCUT2D eigenvalue weighted by Crippen LogP contribution is -2.36. The molecule has 88 valence electrons. The van der Waals surface area contributed by atoms with Gasteiger partial charge in [-0.05, 0) is 12.1 Å². The van der Waals surface area contributed by atoms with Crippen LogP contribution in [0.1, 0.15) is 0 Å². The van der Waals surface area contributed by atoms with Crippen molar-refractivity contribution in [2.75, 3.05) is 17.6 Å². The molecule has 0 bridgehead atoms. The predicted octanol–water partition coefficient (Wildman–Crippen LogP) is 1.32. The van der Waals surface area contributed by atoms with Crippen molar-refractivity contribution in [1.29, 1.82) is 0 Å². The van der Waals surface area contributed by atoms with Crippen LogP contribution in [0.4, 0.5) is 10.5 Å². The molecule has 0 unspecified atom stereocenters. The van der Waals surface area contributed by atoms with E-state index in [1.165, 1.54) is 0 Å². The molecule has 3 amide bonds. The second-order valence-electron chi connectivity index (χ2n) is 3.45. The summed E-state index contributed by atoms with van der Waals surface area (Å²) in [7, 11) is 0. The van der Waals surface area contributed by atoms with Crippen LogP contribution in [-0.2, 0) is 9.59 Å². The van der Waals surface area contributed by atoms with Crippen LogP contribution in [0.25, 0.3) is 0 Å². The van der Waals surface area contributed by atoms with E-state index >= 15 is 0 Å². The van der Waals surface area contributed by atoms with Crippen molar-refractivity contribution >= 4 is 34.5 Å². The number of carbonyl (C=O) groups excluding carboxylic acids is 3. The van der Waals surface area contributed by atoms with E-state index in [1.54, 1.807) is 24.3 Å². The third-order valence-corrected chi connectivity index (χ3v) is 3.06. The molecule has 0 atom stereocenters. The van der Waals surface area contributed by atoms with Crippen LogP contribution in [0.15, 0.2) is 30.3 Å². The van der Waals surface area contributed by atoms with Crippen molar-refractivity contribution < 1.29 is 14.4 Å². The largest absolute Gasteiger partial charge is 0.325 e. The van der Waals surface area contributed by atoms with E-state index in [-0.39, 0.29) is 29.4 Å². The summed E-state index contributed by atoms with van der Waals surface area (Å²) in [4.78, 5) is 35.1. The van der Waals surface area contributed by atoms with Crippen LogP contribution >= 0.6 is 11.8 Å². The first kappa shape index (κ1) is 11.7. The molecule has 1 fully saturated rings. The molecule has 6 heteroatoms. The Balaban J connectivity index is 1.94. The molecule has 1 saturated heterocycles. The SMILES string of the molecule is O=C(CN1C(=O)CSC1=O)Nc1ccccc1. The first-order chi connectivity index (χ1) is 8.16. The number of nitrogens with zero attached hydrogens (tertiary/aromatic N) is 1. The molecule has 5 nitrogen and oxygen atoms in total. The number of amides is 3. The third-order valence-electron chi connectivity index (χ3n) is 2.20. The quantitative estimate of drug-likeness (QED) is 0.878. The lowest BCUT2D eigenvalue weighted by Gasteiger charge is -2.12. The summed E-state index contributed by atoms with van der Waals surface area (Å²) >= 11 is 0.919. The normalized spacial score (nSPS) is 15.2. The fourth-order valence-electron chi connectivity index (χ4n) is 1.40. The molecule has 17 heavy (non-hydrogen) atoms. The van der Waals surface area contributed by atoms with Crippen LogP contribution in [0.3, 0.4) is 0 Å². The van der Waals surface area contributed by atoms with Gasteiger partial charge in [0.25, 0.3) is 5.24 Å². The van der Waals surface area contributed by atoms with Gasteiger partial charge in [0.15, 0.2) is 0 Å². The van der Waals surface area contributed by atoms with E-state index in [0.29, 0.717) is 5.69 Å². The Morgan fingerprint density at radius 1 is 1.29 bits per heavy atom. The van der Waals surface area contributed by atoms with Crippen LogP contribution in [0.2, 0.25) is 0 Å². The van der Waals surface area contributed by atoms with E-state index in [0.717, 1.165) is 16.7 Å². The van der Waals surface area contributed by atoms with Crippen LogP contribution in [0.5, 0.6) is 0 Å². The molecule has 0 saturated carbocycles. The Bertz CT molecular complexity index is 445. The number of imide groups is 1. The van der Waals surface area contributed by atoms with Crippen LogP contribution < -0.4 is 5.32 Å². The number of anilines is 1. The summed E-state index contributed by atoms with van der Waals surface area (Å²) in [6.07, 6.45) is 0. The zero-order chi connectivity index (χ0) is 12.3. The Hall–Kier alpha value is -1.82. The predicted molar refractivity (Wildman–Crippen MR) is 64.6 cm³/mol. The van der Waals surface area contributed by atoms with Gasteiger partial charge < -0.3 is 5.32 Å². The molecular formula is C11H10N2O3S. The molecule has 1 aliphatic rings. The highest BCUT2D eigenvalue weighted by Gasteiger charge is 2.31. The van der Waals surface area contributed by atoms with E-state index in [9.17, 15) is 14.4 Å². The number of rotatable bonds is 3. The average Bonchev–Trinajstić information content (AvgIpc) is 2.62. The maximum Gasteiger partial charge on any atom is 0.289 e. The fourth-order valence-corrected chi connectivity index (χ4v) is 2.12. The molecule has 0 spiro atoms. The third kappa shape index (κ3) is 2.85. The molecule has 1 aliphatic heterocycles. The van der Waals surface area contributed by atoms with E-state index < -0.39 is 0 Å². The van der Waals surface area contributed by atoms with Crippen LogP contribution in [0, 0.1) is 0 Å². The Morgan fingerprint density at radius 2 is 2.00 bits per heavy atom. The highest BCUT2D eigenvalue weighted by Crippen LogP contribution is 2.18. The molecule has 1 aromatic rings. The van der Waals surface area contributed by atoms with Crippen LogP contribution in [-0.4, -0.2) is 34.3 Å². The molecule has 1 N–H and O–H groups in total.